The van der Waals surface area contributed by atoms with Gasteiger partial charge in [-0.25, -0.2) is 0 Å². The molecule has 1 amide bonds. The van der Waals surface area contributed by atoms with Crippen LogP contribution < -0.4 is 10.6 Å². The van der Waals surface area contributed by atoms with Crippen LogP contribution in [0.3, 0.4) is 0 Å². The highest BCUT2D eigenvalue weighted by Crippen LogP contribution is 2.25. The van der Waals surface area contributed by atoms with Gasteiger partial charge in [-0.1, -0.05) is 26.0 Å². The van der Waals surface area contributed by atoms with Crippen LogP contribution in [-0.2, 0) is 10.5 Å². The van der Waals surface area contributed by atoms with Crippen molar-refractivity contribution in [1.29, 1.82) is 0 Å². The van der Waals surface area contributed by atoms with Crippen LogP contribution in [0, 0.1) is 6.92 Å². The molecule has 1 atom stereocenters. The molecule has 2 N–H and O–H groups in total. The van der Waals surface area contributed by atoms with Gasteiger partial charge >= 0.3 is 0 Å². The molecule has 1 aliphatic heterocycles. The van der Waals surface area contributed by atoms with E-state index in [1.54, 1.807) is 0 Å². The van der Waals surface area contributed by atoms with E-state index in [1.807, 2.05) is 35.7 Å². The third kappa shape index (κ3) is 5.52. The summed E-state index contributed by atoms with van der Waals surface area (Å²) in [5.74, 6) is 3.27. The number of hydrogen-bond donors (Lipinski definition) is 2. The van der Waals surface area contributed by atoms with Crippen molar-refractivity contribution in [2.75, 3.05) is 23.4 Å². The van der Waals surface area contributed by atoms with E-state index in [0.717, 1.165) is 29.5 Å². The van der Waals surface area contributed by atoms with Gasteiger partial charge in [0.2, 0.25) is 5.91 Å². The smallest absolute Gasteiger partial charge is 0.225 e. The maximum Gasteiger partial charge on any atom is 0.225 e. The van der Waals surface area contributed by atoms with Crippen molar-refractivity contribution in [2.24, 2.45) is 0 Å². The molecule has 1 fully saturated rings. The first kappa shape index (κ1) is 17.7. The lowest BCUT2D eigenvalue weighted by molar-refractivity contribution is -0.116. The molecule has 0 saturated carbocycles. The zero-order valence-corrected chi connectivity index (χ0v) is 15.3. The SMILES string of the molecule is Cc1c(CSC(C)C)cccc1NC(=O)CC1CSCCN1. The fourth-order valence-corrected chi connectivity index (χ4v) is 4.18. The number of rotatable bonds is 6. The first-order valence-electron chi connectivity index (χ1n) is 7.87. The minimum Gasteiger partial charge on any atom is -0.326 e. The van der Waals surface area contributed by atoms with Crippen LogP contribution in [0.5, 0.6) is 0 Å². The highest BCUT2D eigenvalue weighted by molar-refractivity contribution is 7.99. The second-order valence-electron chi connectivity index (χ2n) is 5.93. The van der Waals surface area contributed by atoms with Crippen LogP contribution in [0.1, 0.15) is 31.4 Å². The molecule has 0 bridgehead atoms. The molecule has 5 heteroatoms. The van der Waals surface area contributed by atoms with Crippen LogP contribution in [-0.4, -0.2) is 35.2 Å². The summed E-state index contributed by atoms with van der Waals surface area (Å²) in [6, 6.07) is 6.49. The van der Waals surface area contributed by atoms with E-state index in [9.17, 15) is 4.79 Å². The van der Waals surface area contributed by atoms with Gasteiger partial charge in [0.15, 0.2) is 0 Å². The van der Waals surface area contributed by atoms with Gasteiger partial charge in [0.1, 0.15) is 0 Å². The molecule has 1 aromatic carbocycles. The number of anilines is 1. The molecule has 1 saturated heterocycles. The summed E-state index contributed by atoms with van der Waals surface area (Å²) in [5.41, 5.74) is 3.45. The molecule has 22 heavy (non-hydrogen) atoms. The van der Waals surface area contributed by atoms with Gasteiger partial charge in [-0.3, -0.25) is 4.79 Å². The van der Waals surface area contributed by atoms with Crippen LogP contribution in [0.2, 0.25) is 0 Å². The van der Waals surface area contributed by atoms with Crippen molar-refractivity contribution in [3.05, 3.63) is 29.3 Å². The molecule has 0 radical (unpaired) electrons. The summed E-state index contributed by atoms with van der Waals surface area (Å²) in [5, 5.41) is 7.12. The van der Waals surface area contributed by atoms with Gasteiger partial charge in [-0.15, -0.1) is 0 Å². The summed E-state index contributed by atoms with van der Waals surface area (Å²) in [6.45, 7) is 7.52. The molecule has 2 rings (SSSR count). The molecule has 0 aliphatic carbocycles. The minimum atomic E-state index is 0.108. The topological polar surface area (TPSA) is 41.1 Å². The first-order valence-corrected chi connectivity index (χ1v) is 10.1. The fraction of sp³-hybridized carbons (Fsp3) is 0.588. The molecule has 3 nitrogen and oxygen atoms in total. The van der Waals surface area contributed by atoms with Gasteiger partial charge in [-0.05, 0) is 29.4 Å². The average molecular weight is 339 g/mol. The Kier molecular flexibility index (Phi) is 7.12. The Hall–Kier alpha value is -0.650. The van der Waals surface area contributed by atoms with E-state index >= 15 is 0 Å². The highest BCUT2D eigenvalue weighted by Gasteiger charge is 2.17. The van der Waals surface area contributed by atoms with E-state index in [-0.39, 0.29) is 5.91 Å². The van der Waals surface area contributed by atoms with Gasteiger partial charge in [-0.2, -0.15) is 23.5 Å². The maximum atomic E-state index is 12.2. The molecular weight excluding hydrogens is 312 g/mol. The maximum absolute atomic E-state index is 12.2. The molecule has 1 unspecified atom stereocenters. The van der Waals surface area contributed by atoms with Crippen LogP contribution in [0.25, 0.3) is 0 Å². The van der Waals surface area contributed by atoms with Crippen molar-refractivity contribution in [3.63, 3.8) is 0 Å². The number of thioether (sulfide) groups is 2. The second kappa shape index (κ2) is 8.85. The lowest BCUT2D eigenvalue weighted by atomic mass is 10.1. The molecule has 1 heterocycles. The lowest BCUT2D eigenvalue weighted by Gasteiger charge is -2.22. The quantitative estimate of drug-likeness (QED) is 0.830. The normalized spacial score (nSPS) is 18.5. The van der Waals surface area contributed by atoms with E-state index < -0.39 is 0 Å². The van der Waals surface area contributed by atoms with Crippen LogP contribution in [0.4, 0.5) is 5.69 Å². The summed E-state index contributed by atoms with van der Waals surface area (Å²) in [6.07, 6.45) is 0.553. The molecule has 0 spiro atoms. The fourth-order valence-electron chi connectivity index (χ4n) is 2.41. The third-order valence-electron chi connectivity index (χ3n) is 3.72. The number of carbonyl (C=O) groups is 1. The second-order valence-corrected chi connectivity index (χ2v) is 8.64. The Bertz CT molecular complexity index is 499. The number of amides is 1. The Labute approximate surface area is 142 Å². The van der Waals surface area contributed by atoms with Crippen LogP contribution >= 0.6 is 23.5 Å². The van der Waals surface area contributed by atoms with Crippen molar-refractivity contribution >= 4 is 35.1 Å². The third-order valence-corrected chi connectivity index (χ3v) is 6.00. The van der Waals surface area contributed by atoms with Crippen molar-refractivity contribution in [1.82, 2.24) is 5.32 Å². The molecular formula is C17H26N2OS2. The number of carbonyl (C=O) groups excluding carboxylic acids is 1. The number of benzene rings is 1. The molecule has 0 aromatic heterocycles. The van der Waals surface area contributed by atoms with E-state index in [0.29, 0.717) is 17.7 Å². The molecule has 1 aromatic rings. The Morgan fingerprint density at radius 3 is 3.00 bits per heavy atom. The monoisotopic (exact) mass is 338 g/mol. The Morgan fingerprint density at radius 1 is 1.50 bits per heavy atom. The lowest BCUT2D eigenvalue weighted by Crippen LogP contribution is -2.39. The zero-order valence-electron chi connectivity index (χ0n) is 13.6. The largest absolute Gasteiger partial charge is 0.326 e. The van der Waals surface area contributed by atoms with E-state index in [1.165, 1.54) is 11.1 Å². The van der Waals surface area contributed by atoms with Crippen molar-refractivity contribution in [2.45, 2.75) is 44.2 Å². The first-order chi connectivity index (χ1) is 10.6. The minimum absolute atomic E-state index is 0.108. The standard InChI is InChI=1S/C17H26N2OS2/c1-12(2)22-10-14-5-4-6-16(13(14)3)19-17(20)9-15-11-21-8-7-18-15/h4-6,12,15,18H,7-11H2,1-3H3,(H,19,20). The van der Waals surface area contributed by atoms with Crippen LogP contribution in [0.15, 0.2) is 18.2 Å². The predicted octanol–water partition coefficient (Wildman–Crippen LogP) is 3.67. The average Bonchev–Trinajstić information content (AvgIpc) is 2.49. The predicted molar refractivity (Wildman–Crippen MR) is 100.0 cm³/mol. The summed E-state index contributed by atoms with van der Waals surface area (Å²) in [7, 11) is 0. The molecule has 122 valence electrons. The Balaban J connectivity index is 1.93. The van der Waals surface area contributed by atoms with Gasteiger partial charge < -0.3 is 10.6 Å². The number of hydrogen-bond acceptors (Lipinski definition) is 4. The van der Waals surface area contributed by atoms with Gasteiger partial charge in [0.05, 0.1) is 0 Å². The summed E-state index contributed by atoms with van der Waals surface area (Å²) >= 11 is 3.85. The Morgan fingerprint density at radius 2 is 2.32 bits per heavy atom. The van der Waals surface area contributed by atoms with Gasteiger partial charge in [0.25, 0.3) is 0 Å². The van der Waals surface area contributed by atoms with E-state index in [2.05, 4.69) is 37.5 Å². The summed E-state index contributed by atoms with van der Waals surface area (Å²) in [4.78, 5) is 12.2. The van der Waals surface area contributed by atoms with Gasteiger partial charge in [0, 0.05) is 42.0 Å². The van der Waals surface area contributed by atoms with Crippen molar-refractivity contribution in [3.8, 4) is 0 Å². The summed E-state index contributed by atoms with van der Waals surface area (Å²) < 4.78 is 0. The highest BCUT2D eigenvalue weighted by atomic mass is 32.2. The number of nitrogens with one attached hydrogen (secondary N) is 2. The molecule has 1 aliphatic rings. The zero-order chi connectivity index (χ0) is 15.9. The van der Waals surface area contributed by atoms with E-state index in [4.69, 9.17) is 0 Å². The van der Waals surface area contributed by atoms with Crippen molar-refractivity contribution < 1.29 is 4.79 Å².